The lowest BCUT2D eigenvalue weighted by Gasteiger charge is -2.38. The van der Waals surface area contributed by atoms with Gasteiger partial charge in [-0.25, -0.2) is 13.6 Å². The monoisotopic (exact) mass is 508 g/mol. The molecule has 3 N–H and O–H groups in total. The molecule has 3 atom stereocenters. The predicted molar refractivity (Wildman–Crippen MR) is 135 cm³/mol. The molecule has 2 fully saturated rings. The van der Waals surface area contributed by atoms with Gasteiger partial charge in [-0.3, -0.25) is 4.79 Å². The van der Waals surface area contributed by atoms with E-state index in [0.717, 1.165) is 18.9 Å². The first-order chi connectivity index (χ1) is 17.4. The summed E-state index contributed by atoms with van der Waals surface area (Å²) in [5.41, 5.74) is 0.0805. The lowest BCUT2D eigenvalue weighted by atomic mass is 9.85. The number of likely N-dealkylation sites (N-methyl/N-ethyl adjacent to an activating group) is 2. The average Bonchev–Trinajstić information content (AvgIpc) is 2.87. The van der Waals surface area contributed by atoms with Gasteiger partial charge >= 0.3 is 6.03 Å². The fraction of sp³-hybridized carbons (Fsp3) is 0.704. The molecule has 1 aromatic carbocycles. The van der Waals surface area contributed by atoms with Crippen molar-refractivity contribution in [2.75, 3.05) is 39.8 Å². The molecule has 202 valence electrons. The molecule has 1 saturated carbocycles. The van der Waals surface area contributed by atoms with Crippen molar-refractivity contribution < 1.29 is 23.1 Å². The molecule has 0 radical (unpaired) electrons. The summed E-state index contributed by atoms with van der Waals surface area (Å²) in [6, 6.07) is 3.90. The molecule has 0 spiro atoms. The maximum absolute atomic E-state index is 14.8. The number of nitrogens with zero attached hydrogens (tertiary/aromatic N) is 1. The number of likely N-dealkylation sites (tertiary alicyclic amines) is 1. The molecule has 0 aromatic heterocycles. The second-order valence-corrected chi connectivity index (χ2v) is 10.1. The quantitative estimate of drug-likeness (QED) is 0.420. The molecule has 1 aliphatic heterocycles. The summed E-state index contributed by atoms with van der Waals surface area (Å²) < 4.78 is 34.7. The molecular weight excluding hydrogens is 466 g/mol. The number of amides is 3. The standard InChI is InChI=1S/C27H42F2N4O3/c1-3-31-24(34)18-36-26(22-12-7-13-23(28)25(22)29)20-11-8-14-33(17-20)27(35)32-21(16-30-2)15-19-9-5-4-6-10-19/h7,12-13,19-21,26,30H,3-6,8-11,14-18H2,1-2H3,(H,31,34)(H,32,35)/t20-,21+,26-/m1/s1. The molecule has 3 rings (SSSR count). The number of ether oxygens (including phenoxy) is 1. The van der Waals surface area contributed by atoms with Crippen LogP contribution >= 0.6 is 0 Å². The summed E-state index contributed by atoms with van der Waals surface area (Å²) in [4.78, 5) is 27.0. The SMILES string of the molecule is CCNC(=O)CO[C@@H](c1cccc(F)c1F)[C@@H]1CCCN(C(=O)N[C@H](CNC)CC2CCCCC2)C1. The van der Waals surface area contributed by atoms with Gasteiger partial charge in [0.25, 0.3) is 0 Å². The second kappa shape index (κ2) is 14.5. The number of benzene rings is 1. The minimum Gasteiger partial charge on any atom is -0.363 e. The molecule has 1 heterocycles. The average molecular weight is 509 g/mol. The third-order valence-electron chi connectivity index (χ3n) is 7.35. The van der Waals surface area contributed by atoms with Crippen molar-refractivity contribution in [3.8, 4) is 0 Å². The van der Waals surface area contributed by atoms with Gasteiger partial charge in [0.1, 0.15) is 6.61 Å². The lowest BCUT2D eigenvalue weighted by molar-refractivity contribution is -0.129. The number of urea groups is 1. The molecule has 7 nitrogen and oxygen atoms in total. The first kappa shape index (κ1) is 28.3. The van der Waals surface area contributed by atoms with Gasteiger partial charge in [0.15, 0.2) is 11.6 Å². The Bertz CT molecular complexity index is 850. The van der Waals surface area contributed by atoms with Gasteiger partial charge in [-0.1, -0.05) is 44.2 Å². The first-order valence-corrected chi connectivity index (χ1v) is 13.4. The molecule has 0 bridgehead atoms. The molecule has 9 heteroatoms. The highest BCUT2D eigenvalue weighted by Crippen LogP contribution is 2.35. The van der Waals surface area contributed by atoms with E-state index in [1.807, 2.05) is 7.05 Å². The van der Waals surface area contributed by atoms with Crippen LogP contribution in [-0.2, 0) is 9.53 Å². The third-order valence-corrected chi connectivity index (χ3v) is 7.35. The topological polar surface area (TPSA) is 82.7 Å². The molecule has 3 amide bonds. The smallest absolute Gasteiger partial charge is 0.317 e. The van der Waals surface area contributed by atoms with Gasteiger partial charge in [-0.15, -0.1) is 0 Å². The second-order valence-electron chi connectivity index (χ2n) is 10.1. The summed E-state index contributed by atoms with van der Waals surface area (Å²) in [7, 11) is 1.89. The van der Waals surface area contributed by atoms with Crippen LogP contribution < -0.4 is 16.0 Å². The Morgan fingerprint density at radius 3 is 2.64 bits per heavy atom. The first-order valence-electron chi connectivity index (χ1n) is 13.4. The maximum Gasteiger partial charge on any atom is 0.317 e. The molecule has 1 aliphatic carbocycles. The van der Waals surface area contributed by atoms with Crippen molar-refractivity contribution >= 4 is 11.9 Å². The normalized spacial score (nSPS) is 20.6. The van der Waals surface area contributed by atoms with Gasteiger partial charge in [0.2, 0.25) is 5.91 Å². The van der Waals surface area contributed by atoms with Crippen LogP contribution in [0.25, 0.3) is 0 Å². The number of carbonyl (C=O) groups excluding carboxylic acids is 2. The van der Waals surface area contributed by atoms with Crippen molar-refractivity contribution in [1.29, 1.82) is 0 Å². The van der Waals surface area contributed by atoms with Gasteiger partial charge in [-0.05, 0) is 45.2 Å². The number of rotatable bonds is 11. The van der Waals surface area contributed by atoms with E-state index in [1.165, 1.54) is 44.2 Å². The van der Waals surface area contributed by atoms with Crippen LogP contribution in [0.2, 0.25) is 0 Å². The highest BCUT2D eigenvalue weighted by Gasteiger charge is 2.34. The van der Waals surface area contributed by atoms with E-state index in [0.29, 0.717) is 38.5 Å². The number of carbonyl (C=O) groups is 2. The Balaban J connectivity index is 1.69. The zero-order valence-electron chi connectivity index (χ0n) is 21.7. The van der Waals surface area contributed by atoms with Crippen LogP contribution in [0.1, 0.15) is 70.0 Å². The maximum atomic E-state index is 14.8. The van der Waals surface area contributed by atoms with Crippen LogP contribution in [0.15, 0.2) is 18.2 Å². The van der Waals surface area contributed by atoms with Gasteiger partial charge in [0.05, 0.1) is 6.10 Å². The zero-order valence-corrected chi connectivity index (χ0v) is 21.7. The summed E-state index contributed by atoms with van der Waals surface area (Å²) in [5, 5.41) is 9.07. The Morgan fingerprint density at radius 1 is 1.14 bits per heavy atom. The van der Waals surface area contributed by atoms with E-state index in [4.69, 9.17) is 4.74 Å². The van der Waals surface area contributed by atoms with Crippen LogP contribution in [0.3, 0.4) is 0 Å². The molecular formula is C27H42F2N4O3. The van der Waals surface area contributed by atoms with Crippen LogP contribution in [-0.4, -0.2) is 62.7 Å². The van der Waals surface area contributed by atoms with Crippen molar-refractivity contribution in [3.63, 3.8) is 0 Å². The van der Waals surface area contributed by atoms with Gasteiger partial charge < -0.3 is 25.6 Å². The Morgan fingerprint density at radius 2 is 1.92 bits per heavy atom. The Kier molecular flexibility index (Phi) is 11.4. The molecule has 2 aliphatic rings. The lowest BCUT2D eigenvalue weighted by Crippen LogP contribution is -2.52. The van der Waals surface area contributed by atoms with Crippen LogP contribution in [0.5, 0.6) is 0 Å². The summed E-state index contributed by atoms with van der Waals surface area (Å²) in [5.74, 6) is -1.88. The highest BCUT2D eigenvalue weighted by molar-refractivity contribution is 5.77. The van der Waals surface area contributed by atoms with E-state index in [-0.39, 0.29) is 36.1 Å². The van der Waals surface area contributed by atoms with E-state index < -0.39 is 17.7 Å². The minimum absolute atomic E-state index is 0.0384. The molecule has 0 unspecified atom stereocenters. The van der Waals surface area contributed by atoms with E-state index in [9.17, 15) is 18.4 Å². The summed E-state index contributed by atoms with van der Waals surface area (Å²) in [6.45, 7) is 3.63. The summed E-state index contributed by atoms with van der Waals surface area (Å²) in [6.07, 6.45) is 7.75. The van der Waals surface area contributed by atoms with E-state index in [2.05, 4.69) is 16.0 Å². The molecule has 1 saturated heterocycles. The fourth-order valence-corrected chi connectivity index (χ4v) is 5.61. The van der Waals surface area contributed by atoms with Crippen molar-refractivity contribution in [1.82, 2.24) is 20.9 Å². The van der Waals surface area contributed by atoms with Gasteiger partial charge in [0, 0.05) is 43.7 Å². The van der Waals surface area contributed by atoms with Crippen molar-refractivity contribution in [3.05, 3.63) is 35.4 Å². The zero-order chi connectivity index (χ0) is 25.9. The number of hydrogen-bond acceptors (Lipinski definition) is 4. The van der Waals surface area contributed by atoms with Crippen LogP contribution in [0, 0.1) is 23.5 Å². The number of halogens is 2. The fourth-order valence-electron chi connectivity index (χ4n) is 5.61. The van der Waals surface area contributed by atoms with Crippen molar-refractivity contribution in [2.45, 2.75) is 70.4 Å². The number of piperidine rings is 1. The number of nitrogens with one attached hydrogen (secondary N) is 3. The van der Waals surface area contributed by atoms with Crippen LogP contribution in [0.4, 0.5) is 13.6 Å². The third kappa shape index (κ3) is 8.13. The summed E-state index contributed by atoms with van der Waals surface area (Å²) >= 11 is 0. The number of hydrogen-bond donors (Lipinski definition) is 3. The molecule has 36 heavy (non-hydrogen) atoms. The van der Waals surface area contributed by atoms with Gasteiger partial charge in [-0.2, -0.15) is 0 Å². The molecule has 1 aromatic rings. The minimum atomic E-state index is -0.971. The largest absolute Gasteiger partial charge is 0.363 e. The van der Waals surface area contributed by atoms with Crippen molar-refractivity contribution in [2.24, 2.45) is 11.8 Å². The van der Waals surface area contributed by atoms with E-state index >= 15 is 0 Å². The Labute approximate surface area is 213 Å². The van der Waals surface area contributed by atoms with E-state index in [1.54, 1.807) is 11.8 Å². The predicted octanol–water partition coefficient (Wildman–Crippen LogP) is 4.14. The Hall–Kier alpha value is -2.26. The highest BCUT2D eigenvalue weighted by atomic mass is 19.2.